The monoisotopic (exact) mass is 483 g/mol. The molecule has 146 valence electrons. The standard InChI is InChI=1S/C13H12BrF5NO4PS/c14-9-7-4-6(20)5-8(24-3-1-2-12(15,16)17)10(7)26-11(9)13(18,19)25(21,22)23/h4-5H,1-3,20H2,(H2,21,22,23). The van der Waals surface area contributed by atoms with Crippen molar-refractivity contribution in [3.05, 3.63) is 21.5 Å². The Kier molecular flexibility index (Phi) is 5.94. The minimum atomic E-state index is -5.79. The molecule has 13 heteroatoms. The molecule has 0 amide bonds. The number of thiophene rings is 1. The second kappa shape index (κ2) is 7.23. The van der Waals surface area contributed by atoms with Gasteiger partial charge in [0.1, 0.15) is 10.6 Å². The number of halogens is 6. The van der Waals surface area contributed by atoms with E-state index in [9.17, 15) is 26.5 Å². The Morgan fingerprint density at radius 2 is 1.85 bits per heavy atom. The number of nitrogens with two attached hydrogens (primary N) is 1. The van der Waals surface area contributed by atoms with E-state index < -0.39 is 30.7 Å². The molecule has 0 aliphatic heterocycles. The van der Waals surface area contributed by atoms with Crippen LogP contribution in [0.15, 0.2) is 16.6 Å². The Hall–Kier alpha value is -0.940. The van der Waals surface area contributed by atoms with Crippen LogP contribution < -0.4 is 10.5 Å². The fraction of sp³-hybridized carbons (Fsp3) is 0.385. The van der Waals surface area contributed by atoms with Crippen molar-refractivity contribution in [2.24, 2.45) is 0 Å². The van der Waals surface area contributed by atoms with Crippen molar-refractivity contribution in [1.29, 1.82) is 0 Å². The van der Waals surface area contributed by atoms with Gasteiger partial charge in [-0.3, -0.25) is 4.57 Å². The van der Waals surface area contributed by atoms with Gasteiger partial charge in [-0.2, -0.15) is 22.0 Å². The summed E-state index contributed by atoms with van der Waals surface area (Å²) in [4.78, 5) is 16.9. The van der Waals surface area contributed by atoms with Gasteiger partial charge in [-0.15, -0.1) is 11.3 Å². The third-order valence-electron chi connectivity index (χ3n) is 3.22. The van der Waals surface area contributed by atoms with Gasteiger partial charge in [-0.05, 0) is 28.4 Å². The molecule has 0 spiro atoms. The molecule has 0 saturated carbocycles. The predicted octanol–water partition coefficient (Wildman–Crippen LogP) is 5.19. The van der Waals surface area contributed by atoms with Crippen LogP contribution in [0, 0.1) is 0 Å². The van der Waals surface area contributed by atoms with Crippen LogP contribution in [0.4, 0.5) is 27.6 Å². The van der Waals surface area contributed by atoms with E-state index in [1.54, 1.807) is 0 Å². The van der Waals surface area contributed by atoms with E-state index in [-0.39, 0.29) is 39.0 Å². The Morgan fingerprint density at radius 3 is 2.38 bits per heavy atom. The number of benzene rings is 1. The van der Waals surface area contributed by atoms with E-state index in [2.05, 4.69) is 15.9 Å². The summed E-state index contributed by atoms with van der Waals surface area (Å²) in [6.45, 7) is -0.336. The van der Waals surface area contributed by atoms with E-state index in [1.165, 1.54) is 12.1 Å². The maximum Gasteiger partial charge on any atom is 0.400 e. The second-order valence-electron chi connectivity index (χ2n) is 5.29. The van der Waals surface area contributed by atoms with Crippen LogP contribution in [0.1, 0.15) is 17.7 Å². The van der Waals surface area contributed by atoms with Crippen LogP contribution in [-0.4, -0.2) is 22.6 Å². The average Bonchev–Trinajstić information content (AvgIpc) is 2.79. The van der Waals surface area contributed by atoms with Gasteiger partial charge in [0.05, 0.1) is 11.3 Å². The molecule has 26 heavy (non-hydrogen) atoms. The fourth-order valence-electron chi connectivity index (χ4n) is 2.05. The van der Waals surface area contributed by atoms with Crippen LogP contribution >= 0.6 is 34.9 Å². The van der Waals surface area contributed by atoms with Crippen molar-refractivity contribution in [2.45, 2.75) is 24.7 Å². The largest absolute Gasteiger partial charge is 0.492 e. The molecule has 0 bridgehead atoms. The Balaban J connectivity index is 2.41. The number of rotatable bonds is 6. The minimum Gasteiger partial charge on any atom is -0.492 e. The van der Waals surface area contributed by atoms with Crippen molar-refractivity contribution in [3.8, 4) is 5.75 Å². The summed E-state index contributed by atoms with van der Waals surface area (Å²) < 4.78 is 80.7. The van der Waals surface area contributed by atoms with Gasteiger partial charge in [-0.1, -0.05) is 0 Å². The molecule has 0 radical (unpaired) electrons. The highest BCUT2D eigenvalue weighted by Gasteiger charge is 2.53. The topological polar surface area (TPSA) is 92.8 Å². The summed E-state index contributed by atoms with van der Waals surface area (Å²) >= 11 is 3.25. The van der Waals surface area contributed by atoms with E-state index in [1.807, 2.05) is 0 Å². The lowest BCUT2D eigenvalue weighted by atomic mass is 10.2. The lowest BCUT2D eigenvalue weighted by Crippen LogP contribution is -2.12. The van der Waals surface area contributed by atoms with Gasteiger partial charge in [0.25, 0.3) is 0 Å². The van der Waals surface area contributed by atoms with Crippen LogP contribution in [0.5, 0.6) is 5.75 Å². The van der Waals surface area contributed by atoms with Gasteiger partial charge in [0.2, 0.25) is 0 Å². The van der Waals surface area contributed by atoms with E-state index in [0.29, 0.717) is 11.3 Å². The number of alkyl halides is 5. The van der Waals surface area contributed by atoms with Crippen molar-refractivity contribution in [2.75, 3.05) is 12.3 Å². The van der Waals surface area contributed by atoms with Gasteiger partial charge in [-0.25, -0.2) is 0 Å². The summed E-state index contributed by atoms with van der Waals surface area (Å²) in [5.74, 6) is -0.0411. The highest BCUT2D eigenvalue weighted by Crippen LogP contribution is 2.63. The van der Waals surface area contributed by atoms with Gasteiger partial charge in [0.15, 0.2) is 0 Å². The first-order chi connectivity index (χ1) is 11.7. The molecular formula is C13H12BrF5NO4PS. The minimum absolute atomic E-state index is 0.0411. The van der Waals surface area contributed by atoms with Crippen LogP contribution in [0.25, 0.3) is 10.1 Å². The van der Waals surface area contributed by atoms with Gasteiger partial charge in [0, 0.05) is 28.0 Å². The van der Waals surface area contributed by atoms with Gasteiger partial charge < -0.3 is 20.3 Å². The Labute approximate surface area is 156 Å². The van der Waals surface area contributed by atoms with Crippen molar-refractivity contribution in [3.63, 3.8) is 0 Å². The highest BCUT2D eigenvalue weighted by molar-refractivity contribution is 9.10. The summed E-state index contributed by atoms with van der Waals surface area (Å²) in [5, 5.41) is 0.115. The molecule has 1 aromatic heterocycles. The average molecular weight is 484 g/mol. The molecule has 0 fully saturated rings. The molecule has 0 aliphatic rings. The lowest BCUT2D eigenvalue weighted by Gasteiger charge is -2.16. The Bertz CT molecular complexity index is 866. The summed E-state index contributed by atoms with van der Waals surface area (Å²) in [6.07, 6.45) is -5.77. The second-order valence-corrected chi connectivity index (χ2v) is 8.76. The molecule has 1 aromatic carbocycles. The summed E-state index contributed by atoms with van der Waals surface area (Å²) in [7, 11) is -5.79. The maximum absolute atomic E-state index is 14.1. The zero-order chi connectivity index (χ0) is 19.9. The SMILES string of the molecule is Nc1cc(OCCCC(F)(F)F)c2sc(C(F)(F)P(=O)(O)O)c(Br)c2c1. The maximum atomic E-state index is 14.1. The molecule has 4 N–H and O–H groups in total. The normalized spacial score (nSPS) is 13.4. The van der Waals surface area contributed by atoms with E-state index >= 15 is 0 Å². The van der Waals surface area contributed by atoms with Crippen LogP contribution in [0.3, 0.4) is 0 Å². The molecule has 5 nitrogen and oxygen atoms in total. The number of anilines is 1. The third-order valence-corrected chi connectivity index (χ3v) is 6.70. The third kappa shape index (κ3) is 4.48. The molecule has 0 unspecified atom stereocenters. The number of hydrogen-bond donors (Lipinski definition) is 3. The van der Waals surface area contributed by atoms with Gasteiger partial charge >= 0.3 is 19.4 Å². The van der Waals surface area contributed by atoms with Crippen molar-refractivity contribution < 1.29 is 41.0 Å². The molecular weight excluding hydrogens is 472 g/mol. The van der Waals surface area contributed by atoms with Crippen LogP contribution in [-0.2, 0) is 10.2 Å². The first-order valence-electron chi connectivity index (χ1n) is 6.89. The number of ether oxygens (including phenoxy) is 1. The molecule has 2 rings (SSSR count). The van der Waals surface area contributed by atoms with Crippen molar-refractivity contribution >= 4 is 50.6 Å². The molecule has 2 aromatic rings. The van der Waals surface area contributed by atoms with E-state index in [0.717, 1.165) is 0 Å². The number of hydrogen-bond acceptors (Lipinski definition) is 4. The van der Waals surface area contributed by atoms with E-state index in [4.69, 9.17) is 20.3 Å². The lowest BCUT2D eigenvalue weighted by molar-refractivity contribution is -0.136. The Morgan fingerprint density at radius 1 is 1.23 bits per heavy atom. The fourth-order valence-corrected chi connectivity index (χ4v) is 5.02. The first-order valence-corrected chi connectivity index (χ1v) is 10.1. The van der Waals surface area contributed by atoms with Crippen molar-refractivity contribution in [1.82, 2.24) is 0 Å². The zero-order valence-corrected chi connectivity index (χ0v) is 16.0. The summed E-state index contributed by atoms with van der Waals surface area (Å²) in [6, 6.07) is 2.54. The first kappa shape index (κ1) is 21.4. The highest BCUT2D eigenvalue weighted by atomic mass is 79.9. The number of nitrogen functional groups attached to an aromatic ring is 1. The zero-order valence-electron chi connectivity index (χ0n) is 12.7. The molecule has 1 heterocycles. The molecule has 0 aliphatic carbocycles. The predicted molar refractivity (Wildman–Crippen MR) is 90.7 cm³/mol. The van der Waals surface area contributed by atoms with Crippen LogP contribution in [0.2, 0.25) is 0 Å². The molecule has 0 saturated heterocycles. The summed E-state index contributed by atoms with van der Waals surface area (Å²) in [5.41, 5.74) is 1.30. The number of fused-ring (bicyclic) bond motifs is 1. The molecule has 0 atom stereocenters. The quantitative estimate of drug-likeness (QED) is 0.227. The smallest absolute Gasteiger partial charge is 0.400 e.